The van der Waals surface area contributed by atoms with Gasteiger partial charge in [0, 0.05) is 0 Å². The summed E-state index contributed by atoms with van der Waals surface area (Å²) in [4.78, 5) is 24.2. The molecule has 2 amide bonds. The number of aromatic nitrogens is 2. The SMILES string of the molecule is Cc1c(C(=O)NCC(=O)NCc2ccco2)cnn1-c1cccc(C(F)(F)F)c1. The summed E-state index contributed by atoms with van der Waals surface area (Å²) in [7, 11) is 0. The highest BCUT2D eigenvalue weighted by Gasteiger charge is 2.30. The molecule has 7 nitrogen and oxygen atoms in total. The zero-order valence-corrected chi connectivity index (χ0v) is 15.3. The van der Waals surface area contributed by atoms with E-state index >= 15 is 0 Å². The number of carbonyl (C=O) groups excluding carboxylic acids is 2. The predicted molar refractivity (Wildman–Crippen MR) is 96.2 cm³/mol. The molecule has 0 aliphatic heterocycles. The average Bonchev–Trinajstić information content (AvgIpc) is 3.33. The van der Waals surface area contributed by atoms with Crippen LogP contribution in [-0.4, -0.2) is 28.1 Å². The highest BCUT2D eigenvalue weighted by Crippen LogP contribution is 2.30. The zero-order valence-electron chi connectivity index (χ0n) is 15.3. The second-order valence-electron chi connectivity index (χ2n) is 6.14. The second-order valence-corrected chi connectivity index (χ2v) is 6.14. The van der Waals surface area contributed by atoms with E-state index in [0.29, 0.717) is 11.5 Å². The van der Waals surface area contributed by atoms with E-state index < -0.39 is 23.6 Å². The number of hydrogen-bond acceptors (Lipinski definition) is 4. The van der Waals surface area contributed by atoms with Crippen LogP contribution in [0.1, 0.15) is 27.4 Å². The van der Waals surface area contributed by atoms with Crippen LogP contribution in [0.15, 0.2) is 53.3 Å². The molecule has 0 saturated heterocycles. The summed E-state index contributed by atoms with van der Waals surface area (Å²) in [6.07, 6.45) is -1.76. The molecule has 2 aromatic heterocycles. The number of carbonyl (C=O) groups is 2. The monoisotopic (exact) mass is 406 g/mol. The number of furan rings is 1. The lowest BCUT2D eigenvalue weighted by atomic mass is 10.2. The van der Waals surface area contributed by atoms with Crippen LogP contribution in [-0.2, 0) is 17.5 Å². The third kappa shape index (κ3) is 4.84. The van der Waals surface area contributed by atoms with Crippen molar-refractivity contribution < 1.29 is 27.2 Å². The third-order valence-electron chi connectivity index (χ3n) is 4.12. The molecule has 0 unspecified atom stereocenters. The molecule has 0 spiro atoms. The highest BCUT2D eigenvalue weighted by atomic mass is 19.4. The largest absolute Gasteiger partial charge is 0.467 e. The maximum Gasteiger partial charge on any atom is 0.416 e. The van der Waals surface area contributed by atoms with Gasteiger partial charge in [0.1, 0.15) is 5.76 Å². The fraction of sp³-hybridized carbons (Fsp3) is 0.211. The molecule has 0 saturated carbocycles. The lowest BCUT2D eigenvalue weighted by molar-refractivity contribution is -0.137. The number of amides is 2. The lowest BCUT2D eigenvalue weighted by Crippen LogP contribution is -2.36. The van der Waals surface area contributed by atoms with Gasteiger partial charge in [-0.2, -0.15) is 18.3 Å². The molecule has 0 aliphatic carbocycles. The summed E-state index contributed by atoms with van der Waals surface area (Å²) >= 11 is 0. The lowest BCUT2D eigenvalue weighted by Gasteiger charge is -2.10. The molecule has 152 valence electrons. The first kappa shape index (κ1) is 20.2. The molecular formula is C19H17F3N4O3. The topological polar surface area (TPSA) is 89.2 Å². The van der Waals surface area contributed by atoms with Crippen molar-refractivity contribution in [1.29, 1.82) is 0 Å². The van der Waals surface area contributed by atoms with Crippen LogP contribution in [0, 0.1) is 6.92 Å². The number of halogens is 3. The van der Waals surface area contributed by atoms with Crippen LogP contribution in [0.2, 0.25) is 0 Å². The third-order valence-corrected chi connectivity index (χ3v) is 4.12. The average molecular weight is 406 g/mol. The van der Waals surface area contributed by atoms with Crippen LogP contribution >= 0.6 is 0 Å². The Balaban J connectivity index is 1.64. The van der Waals surface area contributed by atoms with Crippen LogP contribution in [0.3, 0.4) is 0 Å². The van der Waals surface area contributed by atoms with Gasteiger partial charge in [-0.25, -0.2) is 4.68 Å². The molecule has 0 atom stereocenters. The van der Waals surface area contributed by atoms with Crippen molar-refractivity contribution in [3.63, 3.8) is 0 Å². The Labute approximate surface area is 163 Å². The van der Waals surface area contributed by atoms with E-state index in [1.807, 2.05) is 0 Å². The molecular weight excluding hydrogens is 389 g/mol. The second kappa shape index (κ2) is 8.21. The molecule has 0 bridgehead atoms. The Morgan fingerprint density at radius 1 is 1.17 bits per heavy atom. The van der Waals surface area contributed by atoms with Crippen molar-refractivity contribution >= 4 is 11.8 Å². The molecule has 10 heteroatoms. The summed E-state index contributed by atoms with van der Waals surface area (Å²) in [6.45, 7) is 1.47. The maximum absolute atomic E-state index is 12.9. The van der Waals surface area contributed by atoms with Gasteiger partial charge < -0.3 is 15.1 Å². The smallest absolute Gasteiger partial charge is 0.416 e. The van der Waals surface area contributed by atoms with Gasteiger partial charge in [0.05, 0.1) is 48.1 Å². The van der Waals surface area contributed by atoms with E-state index in [4.69, 9.17) is 4.42 Å². The number of nitrogens with zero attached hydrogens (tertiary/aromatic N) is 2. The minimum Gasteiger partial charge on any atom is -0.467 e. The first-order valence-corrected chi connectivity index (χ1v) is 8.55. The molecule has 0 radical (unpaired) electrons. The Kier molecular flexibility index (Phi) is 5.71. The van der Waals surface area contributed by atoms with Gasteiger partial charge in [0.25, 0.3) is 5.91 Å². The fourth-order valence-corrected chi connectivity index (χ4v) is 2.62. The van der Waals surface area contributed by atoms with Gasteiger partial charge >= 0.3 is 6.18 Å². The molecule has 29 heavy (non-hydrogen) atoms. The van der Waals surface area contributed by atoms with Crippen molar-refractivity contribution in [2.24, 2.45) is 0 Å². The number of nitrogens with one attached hydrogen (secondary N) is 2. The van der Waals surface area contributed by atoms with Gasteiger partial charge in [-0.3, -0.25) is 9.59 Å². The Morgan fingerprint density at radius 3 is 2.66 bits per heavy atom. The van der Waals surface area contributed by atoms with Crippen molar-refractivity contribution in [3.8, 4) is 5.69 Å². The van der Waals surface area contributed by atoms with E-state index in [1.165, 1.54) is 29.3 Å². The molecule has 3 aromatic rings. The molecule has 0 fully saturated rings. The van der Waals surface area contributed by atoms with Crippen LogP contribution in [0.5, 0.6) is 0 Å². The summed E-state index contributed by atoms with van der Waals surface area (Å²) < 4.78 is 45.0. The van der Waals surface area contributed by atoms with Crippen LogP contribution in [0.4, 0.5) is 13.2 Å². The van der Waals surface area contributed by atoms with E-state index in [9.17, 15) is 22.8 Å². The number of hydrogen-bond donors (Lipinski definition) is 2. The fourth-order valence-electron chi connectivity index (χ4n) is 2.62. The van der Waals surface area contributed by atoms with Crippen molar-refractivity contribution in [2.45, 2.75) is 19.6 Å². The summed E-state index contributed by atoms with van der Waals surface area (Å²) in [5.41, 5.74) is -0.143. The van der Waals surface area contributed by atoms with Gasteiger partial charge in [-0.15, -0.1) is 0 Å². The van der Waals surface area contributed by atoms with E-state index in [0.717, 1.165) is 12.1 Å². The molecule has 1 aromatic carbocycles. The molecule has 2 N–H and O–H groups in total. The minimum absolute atomic E-state index is 0.154. The number of benzene rings is 1. The van der Waals surface area contributed by atoms with Crippen LogP contribution in [0.25, 0.3) is 5.69 Å². The number of rotatable bonds is 6. The quantitative estimate of drug-likeness (QED) is 0.659. The molecule has 3 rings (SSSR count). The number of alkyl halides is 3. The molecule has 2 heterocycles. The Bertz CT molecular complexity index is 1010. The summed E-state index contributed by atoms with van der Waals surface area (Å²) in [6, 6.07) is 8.01. The standard InChI is InChI=1S/C19H17F3N4O3/c1-12-16(18(28)24-11-17(27)23-9-15-6-3-7-29-15)10-25-26(12)14-5-2-4-13(8-14)19(20,21)22/h2-8,10H,9,11H2,1H3,(H,23,27)(H,24,28). The zero-order chi connectivity index (χ0) is 21.0. The van der Waals surface area contributed by atoms with Crippen LogP contribution < -0.4 is 10.6 Å². The van der Waals surface area contributed by atoms with E-state index in [2.05, 4.69) is 15.7 Å². The Hall–Kier alpha value is -3.56. The van der Waals surface area contributed by atoms with Crippen molar-refractivity contribution in [3.05, 3.63) is 71.4 Å². The van der Waals surface area contributed by atoms with Crippen molar-refractivity contribution in [2.75, 3.05) is 6.54 Å². The first-order valence-electron chi connectivity index (χ1n) is 8.55. The highest BCUT2D eigenvalue weighted by molar-refractivity contribution is 5.97. The summed E-state index contributed by atoms with van der Waals surface area (Å²) in [5.74, 6) is -0.408. The Morgan fingerprint density at radius 2 is 1.97 bits per heavy atom. The van der Waals surface area contributed by atoms with E-state index in [1.54, 1.807) is 19.1 Å². The minimum atomic E-state index is -4.49. The normalized spacial score (nSPS) is 11.3. The van der Waals surface area contributed by atoms with Gasteiger partial charge in [-0.05, 0) is 37.3 Å². The first-order chi connectivity index (χ1) is 13.8. The van der Waals surface area contributed by atoms with Gasteiger partial charge in [0.2, 0.25) is 5.91 Å². The summed E-state index contributed by atoms with van der Waals surface area (Å²) in [5, 5.41) is 9.04. The van der Waals surface area contributed by atoms with Crippen molar-refractivity contribution in [1.82, 2.24) is 20.4 Å². The maximum atomic E-state index is 12.9. The van der Waals surface area contributed by atoms with Gasteiger partial charge in [-0.1, -0.05) is 6.07 Å². The van der Waals surface area contributed by atoms with Gasteiger partial charge in [0.15, 0.2) is 0 Å². The molecule has 0 aliphatic rings. The van der Waals surface area contributed by atoms with E-state index in [-0.39, 0.29) is 24.3 Å². The predicted octanol–water partition coefficient (Wildman–Crippen LogP) is 2.84.